The molecule has 0 amide bonds. The van der Waals surface area contributed by atoms with Crippen molar-refractivity contribution < 1.29 is 9.53 Å². The molecule has 2 rings (SSSR count). The highest BCUT2D eigenvalue weighted by Gasteiger charge is 2.22. The molecule has 1 N–H and O–H groups in total. The Morgan fingerprint density at radius 2 is 2.40 bits per heavy atom. The first-order chi connectivity index (χ1) is 7.20. The number of esters is 1. The summed E-state index contributed by atoms with van der Waals surface area (Å²) in [7, 11) is 1.35. The average molecular weight is 271 g/mol. The maximum absolute atomic E-state index is 11.2. The van der Waals surface area contributed by atoms with Crippen LogP contribution in [0.3, 0.4) is 0 Å². The van der Waals surface area contributed by atoms with Gasteiger partial charge in [-0.15, -0.1) is 0 Å². The van der Waals surface area contributed by atoms with Crippen LogP contribution in [0, 0.1) is 0 Å². The Hall–Kier alpha value is -1.10. The first-order valence-corrected chi connectivity index (χ1v) is 5.50. The van der Waals surface area contributed by atoms with Crippen LogP contribution in [0.1, 0.15) is 23.2 Å². The molecule has 0 bridgehead atoms. The van der Waals surface area contributed by atoms with Crippen LogP contribution >= 0.6 is 15.9 Å². The summed E-state index contributed by atoms with van der Waals surface area (Å²) in [4.78, 5) is 15.4. The van der Waals surface area contributed by atoms with E-state index < -0.39 is 0 Å². The quantitative estimate of drug-likeness (QED) is 0.856. The molecule has 1 fully saturated rings. The SMILES string of the molecule is COC(=O)c1cnc(NC2CC2)c(Br)c1. The van der Waals surface area contributed by atoms with Gasteiger partial charge in [-0.05, 0) is 34.8 Å². The third-order valence-electron chi connectivity index (χ3n) is 2.18. The molecule has 0 atom stereocenters. The number of halogens is 1. The Bertz CT molecular complexity index is 391. The number of carbonyl (C=O) groups is 1. The zero-order valence-electron chi connectivity index (χ0n) is 8.29. The number of methoxy groups -OCH3 is 1. The number of nitrogens with one attached hydrogen (secondary N) is 1. The summed E-state index contributed by atoms with van der Waals surface area (Å²) in [6.07, 6.45) is 3.89. The van der Waals surface area contributed by atoms with Crippen molar-refractivity contribution in [2.75, 3.05) is 12.4 Å². The van der Waals surface area contributed by atoms with Gasteiger partial charge in [-0.1, -0.05) is 0 Å². The van der Waals surface area contributed by atoms with Crippen LogP contribution in [-0.4, -0.2) is 24.1 Å². The van der Waals surface area contributed by atoms with Gasteiger partial charge in [-0.3, -0.25) is 0 Å². The van der Waals surface area contributed by atoms with Gasteiger partial charge in [0.15, 0.2) is 0 Å². The largest absolute Gasteiger partial charge is 0.465 e. The molecular weight excluding hydrogens is 260 g/mol. The van der Waals surface area contributed by atoms with Crippen molar-refractivity contribution in [3.05, 3.63) is 22.3 Å². The first-order valence-electron chi connectivity index (χ1n) is 4.71. The van der Waals surface area contributed by atoms with Crippen LogP contribution in [0.5, 0.6) is 0 Å². The Morgan fingerprint density at radius 3 is 2.93 bits per heavy atom. The molecule has 4 nitrogen and oxygen atoms in total. The molecule has 1 saturated carbocycles. The summed E-state index contributed by atoms with van der Waals surface area (Å²) < 4.78 is 5.39. The predicted octanol–water partition coefficient (Wildman–Crippen LogP) is 2.21. The highest BCUT2D eigenvalue weighted by atomic mass is 79.9. The van der Waals surface area contributed by atoms with E-state index in [-0.39, 0.29) is 5.97 Å². The summed E-state index contributed by atoms with van der Waals surface area (Å²) in [5.74, 6) is 0.409. The number of nitrogens with zero attached hydrogens (tertiary/aromatic N) is 1. The van der Waals surface area contributed by atoms with Gasteiger partial charge < -0.3 is 10.1 Å². The number of pyridine rings is 1. The van der Waals surface area contributed by atoms with E-state index in [2.05, 4.69) is 31.0 Å². The van der Waals surface area contributed by atoms with Crippen molar-refractivity contribution in [2.45, 2.75) is 18.9 Å². The fraction of sp³-hybridized carbons (Fsp3) is 0.400. The lowest BCUT2D eigenvalue weighted by atomic mass is 10.3. The summed E-state index contributed by atoms with van der Waals surface area (Å²) in [6, 6.07) is 2.25. The molecule has 1 heterocycles. The van der Waals surface area contributed by atoms with Gasteiger partial charge in [0, 0.05) is 12.2 Å². The highest BCUT2D eigenvalue weighted by Crippen LogP contribution is 2.28. The summed E-state index contributed by atoms with van der Waals surface area (Å²) in [5.41, 5.74) is 0.450. The number of anilines is 1. The van der Waals surface area contributed by atoms with Crippen LogP contribution < -0.4 is 5.32 Å². The summed E-state index contributed by atoms with van der Waals surface area (Å²) in [5, 5.41) is 3.26. The van der Waals surface area contributed by atoms with Crippen molar-refractivity contribution in [3.8, 4) is 0 Å². The Morgan fingerprint density at radius 1 is 1.67 bits per heavy atom. The summed E-state index contributed by atoms with van der Waals surface area (Å²) >= 11 is 3.37. The Balaban J connectivity index is 2.17. The molecule has 0 saturated heterocycles. The normalized spacial score (nSPS) is 14.8. The number of hydrogen-bond donors (Lipinski definition) is 1. The lowest BCUT2D eigenvalue weighted by molar-refractivity contribution is 0.0600. The van der Waals surface area contributed by atoms with Gasteiger partial charge in [-0.2, -0.15) is 0 Å². The van der Waals surface area contributed by atoms with Crippen LogP contribution in [-0.2, 0) is 4.74 Å². The highest BCUT2D eigenvalue weighted by molar-refractivity contribution is 9.10. The van der Waals surface area contributed by atoms with E-state index in [1.807, 2.05) is 0 Å². The maximum atomic E-state index is 11.2. The lowest BCUT2D eigenvalue weighted by Gasteiger charge is -2.06. The van der Waals surface area contributed by atoms with E-state index in [0.717, 1.165) is 10.3 Å². The molecule has 0 radical (unpaired) electrons. The fourth-order valence-electron chi connectivity index (χ4n) is 1.19. The minimum atomic E-state index is -0.374. The fourth-order valence-corrected chi connectivity index (χ4v) is 1.66. The first kappa shape index (κ1) is 10.4. The lowest BCUT2D eigenvalue weighted by Crippen LogP contribution is -2.06. The van der Waals surface area contributed by atoms with Crippen molar-refractivity contribution in [3.63, 3.8) is 0 Å². The molecule has 1 aliphatic rings. The molecule has 0 unspecified atom stereocenters. The molecular formula is C10H11BrN2O2. The van der Waals surface area contributed by atoms with E-state index in [0.29, 0.717) is 11.6 Å². The molecule has 15 heavy (non-hydrogen) atoms. The third-order valence-corrected chi connectivity index (χ3v) is 2.78. The smallest absolute Gasteiger partial charge is 0.339 e. The minimum absolute atomic E-state index is 0.374. The summed E-state index contributed by atoms with van der Waals surface area (Å²) in [6.45, 7) is 0. The number of hydrogen-bond acceptors (Lipinski definition) is 4. The van der Waals surface area contributed by atoms with Crippen molar-refractivity contribution >= 4 is 27.7 Å². The number of aromatic nitrogens is 1. The van der Waals surface area contributed by atoms with Crippen LogP contribution in [0.4, 0.5) is 5.82 Å². The molecule has 1 aliphatic carbocycles. The van der Waals surface area contributed by atoms with Crippen molar-refractivity contribution in [1.29, 1.82) is 0 Å². The van der Waals surface area contributed by atoms with Crippen molar-refractivity contribution in [2.24, 2.45) is 0 Å². The third kappa shape index (κ3) is 2.47. The van der Waals surface area contributed by atoms with Crippen LogP contribution in [0.25, 0.3) is 0 Å². The molecule has 80 valence electrons. The molecule has 1 aromatic heterocycles. The van der Waals surface area contributed by atoms with Gasteiger partial charge in [-0.25, -0.2) is 9.78 Å². The number of ether oxygens (including phenoxy) is 1. The van der Waals surface area contributed by atoms with Crippen LogP contribution in [0.15, 0.2) is 16.7 Å². The molecule has 1 aromatic rings. The van der Waals surface area contributed by atoms with Gasteiger partial charge in [0.2, 0.25) is 0 Å². The monoisotopic (exact) mass is 270 g/mol. The molecule has 0 aromatic carbocycles. The van der Waals surface area contributed by atoms with Crippen molar-refractivity contribution in [1.82, 2.24) is 4.98 Å². The topological polar surface area (TPSA) is 51.2 Å². The van der Waals surface area contributed by atoms with Gasteiger partial charge in [0.1, 0.15) is 5.82 Å². The Labute approximate surface area is 96.2 Å². The van der Waals surface area contributed by atoms with Gasteiger partial charge in [0.25, 0.3) is 0 Å². The molecule has 5 heteroatoms. The van der Waals surface area contributed by atoms with E-state index >= 15 is 0 Å². The van der Waals surface area contributed by atoms with E-state index in [1.165, 1.54) is 26.1 Å². The maximum Gasteiger partial charge on any atom is 0.339 e. The Kier molecular flexibility index (Phi) is 2.90. The zero-order chi connectivity index (χ0) is 10.8. The van der Waals surface area contributed by atoms with E-state index in [9.17, 15) is 4.79 Å². The molecule has 0 aliphatic heterocycles. The second kappa shape index (κ2) is 4.18. The molecule has 0 spiro atoms. The van der Waals surface area contributed by atoms with E-state index in [1.54, 1.807) is 6.07 Å². The zero-order valence-corrected chi connectivity index (χ0v) is 9.87. The predicted molar refractivity (Wildman–Crippen MR) is 59.9 cm³/mol. The minimum Gasteiger partial charge on any atom is -0.465 e. The average Bonchev–Trinajstić information content (AvgIpc) is 3.04. The number of rotatable bonds is 3. The second-order valence-corrected chi connectivity index (χ2v) is 4.32. The number of carbonyl (C=O) groups excluding carboxylic acids is 1. The second-order valence-electron chi connectivity index (χ2n) is 3.46. The van der Waals surface area contributed by atoms with E-state index in [4.69, 9.17) is 0 Å². The van der Waals surface area contributed by atoms with Crippen LogP contribution in [0.2, 0.25) is 0 Å². The van der Waals surface area contributed by atoms with Gasteiger partial charge in [0.05, 0.1) is 17.1 Å². The standard InChI is InChI=1S/C10H11BrN2O2/c1-15-10(14)6-4-8(11)9(12-5-6)13-7-2-3-7/h4-5,7H,2-3H2,1H3,(H,12,13). The van der Waals surface area contributed by atoms with Gasteiger partial charge >= 0.3 is 5.97 Å².